The third-order valence-corrected chi connectivity index (χ3v) is 7.33. The van der Waals surface area contributed by atoms with E-state index in [2.05, 4.69) is 10.6 Å². The number of anilines is 1. The molecule has 0 fully saturated rings. The van der Waals surface area contributed by atoms with E-state index >= 15 is 0 Å². The standard InChI is InChI=1S/C28H32N4O6S2/c1-4-23(29-19(2)26-11-8-16-39-26)24(17-21-12-14-22(15-13-21)32-40(35,36)37)30-27(33)25(31-28(34)38-3)18-20-9-6-5-7-10-20/h4-16,24-25,32H,17-18H2,1-3H3,(H,30,33)(H,31,34)(H,35,36,37)/b23-4-,29-19+. The number of alkyl carbamates (subject to hydrolysis) is 1. The van der Waals surface area contributed by atoms with E-state index in [0.717, 1.165) is 21.7 Å². The molecule has 1 aromatic heterocycles. The average molecular weight is 585 g/mol. The first-order chi connectivity index (χ1) is 19.1. The fourth-order valence-corrected chi connectivity index (χ4v) is 5.04. The number of nitrogens with zero attached hydrogens (tertiary/aromatic N) is 1. The largest absolute Gasteiger partial charge is 0.453 e. The molecule has 0 spiro atoms. The van der Waals surface area contributed by atoms with Crippen LogP contribution in [0.2, 0.25) is 0 Å². The predicted molar refractivity (Wildman–Crippen MR) is 157 cm³/mol. The summed E-state index contributed by atoms with van der Waals surface area (Å²) < 4.78 is 38.1. The molecule has 40 heavy (non-hydrogen) atoms. The Bertz CT molecular complexity index is 1440. The molecule has 4 N–H and O–H groups in total. The second-order valence-corrected chi connectivity index (χ2v) is 10.9. The molecule has 2 unspecified atom stereocenters. The summed E-state index contributed by atoms with van der Waals surface area (Å²) in [5.74, 6) is -0.424. The molecule has 0 radical (unpaired) electrons. The van der Waals surface area contributed by atoms with Crippen molar-refractivity contribution in [3.63, 3.8) is 0 Å². The molecule has 0 aliphatic carbocycles. The van der Waals surface area contributed by atoms with E-state index in [1.807, 2.05) is 72.5 Å². The molecule has 2 aromatic carbocycles. The highest BCUT2D eigenvalue weighted by atomic mass is 32.2. The van der Waals surface area contributed by atoms with Gasteiger partial charge < -0.3 is 15.4 Å². The van der Waals surface area contributed by atoms with Gasteiger partial charge in [0.25, 0.3) is 0 Å². The zero-order valence-electron chi connectivity index (χ0n) is 22.3. The Kier molecular flexibility index (Phi) is 11.0. The van der Waals surface area contributed by atoms with Crippen molar-refractivity contribution >= 4 is 45.0 Å². The van der Waals surface area contributed by atoms with Gasteiger partial charge in [-0.1, -0.05) is 54.6 Å². The number of benzene rings is 2. The number of hydrogen-bond acceptors (Lipinski definition) is 7. The lowest BCUT2D eigenvalue weighted by Gasteiger charge is -2.24. The zero-order chi connectivity index (χ0) is 29.1. The molecule has 10 nitrogen and oxygen atoms in total. The Morgan fingerprint density at radius 2 is 1.62 bits per heavy atom. The van der Waals surface area contributed by atoms with Crippen molar-refractivity contribution in [1.82, 2.24) is 10.6 Å². The summed E-state index contributed by atoms with van der Waals surface area (Å²) >= 11 is 1.55. The Morgan fingerprint density at radius 1 is 0.975 bits per heavy atom. The van der Waals surface area contributed by atoms with Crippen molar-refractivity contribution in [2.45, 2.75) is 38.8 Å². The lowest BCUT2D eigenvalue weighted by molar-refractivity contribution is -0.123. The molecule has 0 bridgehead atoms. The Labute approximate surface area is 238 Å². The topological polar surface area (TPSA) is 146 Å². The number of aliphatic imine (C=N–C) groups is 1. The van der Waals surface area contributed by atoms with Crippen LogP contribution >= 0.6 is 11.3 Å². The first-order valence-corrected chi connectivity index (χ1v) is 14.7. The summed E-state index contributed by atoms with van der Waals surface area (Å²) in [7, 11) is -3.17. The van der Waals surface area contributed by atoms with Crippen molar-refractivity contribution in [3.8, 4) is 0 Å². The third-order valence-electron chi connectivity index (χ3n) is 5.86. The first kappa shape index (κ1) is 30.5. The summed E-state index contributed by atoms with van der Waals surface area (Å²) in [6.45, 7) is 3.72. The van der Waals surface area contributed by atoms with E-state index in [9.17, 15) is 18.0 Å². The van der Waals surface area contributed by atoms with E-state index in [4.69, 9.17) is 14.3 Å². The summed E-state index contributed by atoms with van der Waals surface area (Å²) in [6.07, 6.45) is 1.64. The normalized spacial score (nSPS) is 13.7. The van der Waals surface area contributed by atoms with Crippen molar-refractivity contribution < 1.29 is 27.3 Å². The average Bonchev–Trinajstić information content (AvgIpc) is 3.47. The molecular formula is C28H32N4O6S2. The smallest absolute Gasteiger partial charge is 0.407 e. The molecular weight excluding hydrogens is 552 g/mol. The van der Waals surface area contributed by atoms with Crippen LogP contribution in [0.1, 0.15) is 29.9 Å². The van der Waals surface area contributed by atoms with Gasteiger partial charge in [0.15, 0.2) is 0 Å². The van der Waals surface area contributed by atoms with Gasteiger partial charge >= 0.3 is 16.4 Å². The van der Waals surface area contributed by atoms with Crippen molar-refractivity contribution in [3.05, 3.63) is 99.9 Å². The molecule has 212 valence electrons. The number of rotatable bonds is 12. The van der Waals surface area contributed by atoms with Crippen LogP contribution in [0.3, 0.4) is 0 Å². The first-order valence-electron chi connectivity index (χ1n) is 12.4. The fraction of sp³-hybridized carbons (Fsp3) is 0.250. The van der Waals surface area contributed by atoms with E-state index in [1.165, 1.54) is 19.2 Å². The van der Waals surface area contributed by atoms with E-state index in [1.54, 1.807) is 23.5 Å². The monoisotopic (exact) mass is 584 g/mol. The van der Waals surface area contributed by atoms with Gasteiger partial charge in [0.1, 0.15) is 6.04 Å². The quantitative estimate of drug-likeness (QED) is 0.184. The molecule has 12 heteroatoms. The highest BCUT2D eigenvalue weighted by Gasteiger charge is 2.26. The van der Waals surface area contributed by atoms with Crippen LogP contribution in [0.25, 0.3) is 0 Å². The molecule has 2 atom stereocenters. The van der Waals surface area contributed by atoms with Crippen LogP contribution < -0.4 is 15.4 Å². The Morgan fingerprint density at radius 3 is 2.20 bits per heavy atom. The molecule has 1 heterocycles. The second-order valence-electron chi connectivity index (χ2n) is 8.81. The predicted octanol–water partition coefficient (Wildman–Crippen LogP) is 4.37. The van der Waals surface area contributed by atoms with Crippen LogP contribution in [0.5, 0.6) is 0 Å². The van der Waals surface area contributed by atoms with E-state index in [-0.39, 0.29) is 12.1 Å². The lowest BCUT2D eigenvalue weighted by Crippen LogP contribution is -2.51. The van der Waals surface area contributed by atoms with Gasteiger partial charge in [0.05, 0.1) is 30.2 Å². The maximum Gasteiger partial charge on any atom is 0.407 e. The summed E-state index contributed by atoms with van der Waals surface area (Å²) in [4.78, 5) is 31.5. The van der Waals surface area contributed by atoms with Gasteiger partial charge in [-0.15, -0.1) is 11.3 Å². The van der Waals surface area contributed by atoms with Crippen LogP contribution in [0, 0.1) is 0 Å². The molecule has 0 saturated carbocycles. The zero-order valence-corrected chi connectivity index (χ0v) is 24.0. The van der Waals surface area contributed by atoms with Crippen LogP contribution in [-0.2, 0) is 32.7 Å². The van der Waals surface area contributed by atoms with Crippen molar-refractivity contribution in [1.29, 1.82) is 0 Å². The molecule has 3 aromatic rings. The number of carbonyl (C=O) groups is 2. The Hall–Kier alpha value is -4.00. The number of nitrogens with one attached hydrogen (secondary N) is 3. The van der Waals surface area contributed by atoms with E-state index in [0.29, 0.717) is 12.1 Å². The van der Waals surface area contributed by atoms with Gasteiger partial charge in [-0.25, -0.2) is 4.79 Å². The number of ether oxygens (including phenoxy) is 1. The van der Waals surface area contributed by atoms with Crippen LogP contribution in [0.4, 0.5) is 10.5 Å². The molecule has 3 rings (SSSR count). The van der Waals surface area contributed by atoms with Gasteiger partial charge in [-0.2, -0.15) is 8.42 Å². The van der Waals surface area contributed by atoms with Crippen molar-refractivity contribution in [2.75, 3.05) is 11.8 Å². The Balaban J connectivity index is 1.91. The van der Waals surface area contributed by atoms with Gasteiger partial charge in [-0.3, -0.25) is 19.1 Å². The van der Waals surface area contributed by atoms with Crippen LogP contribution in [-0.4, -0.2) is 49.9 Å². The molecule has 0 saturated heterocycles. The van der Waals surface area contributed by atoms with Crippen molar-refractivity contribution in [2.24, 2.45) is 4.99 Å². The third kappa shape index (κ3) is 9.63. The molecule has 0 aliphatic heterocycles. The highest BCUT2D eigenvalue weighted by Crippen LogP contribution is 2.19. The minimum atomic E-state index is -4.41. The number of amides is 2. The van der Waals surface area contributed by atoms with Crippen LogP contribution in [0.15, 0.2) is 88.9 Å². The number of allylic oxidation sites excluding steroid dienone is 1. The lowest BCUT2D eigenvalue weighted by atomic mass is 10.0. The number of hydrogen-bond donors (Lipinski definition) is 4. The summed E-state index contributed by atoms with van der Waals surface area (Å²) in [5, 5.41) is 7.61. The number of thiophene rings is 1. The minimum Gasteiger partial charge on any atom is -0.453 e. The minimum absolute atomic E-state index is 0.190. The van der Waals surface area contributed by atoms with Gasteiger partial charge in [-0.05, 0) is 55.0 Å². The van der Waals surface area contributed by atoms with Gasteiger partial charge in [0.2, 0.25) is 5.91 Å². The highest BCUT2D eigenvalue weighted by molar-refractivity contribution is 7.87. The van der Waals surface area contributed by atoms with Gasteiger partial charge in [0, 0.05) is 11.3 Å². The molecule has 2 amide bonds. The second kappa shape index (κ2) is 14.4. The maximum atomic E-state index is 13.6. The SMILES string of the molecule is C/C=C(\N=C(/C)c1cccs1)C(Cc1ccc(NS(=O)(=O)O)cc1)NC(=O)C(Cc1ccccc1)NC(=O)OC. The van der Waals surface area contributed by atoms with E-state index < -0.39 is 34.4 Å². The molecule has 0 aliphatic rings. The maximum absolute atomic E-state index is 13.6. The number of carbonyl (C=O) groups excluding carboxylic acids is 2. The number of methoxy groups -OCH3 is 1. The fourth-order valence-electron chi connectivity index (χ4n) is 3.93. The summed E-state index contributed by atoms with van der Waals surface area (Å²) in [5.41, 5.74) is 3.21. The summed E-state index contributed by atoms with van der Waals surface area (Å²) in [6, 6.07) is 18.1.